The van der Waals surface area contributed by atoms with Crippen molar-refractivity contribution >= 4 is 27.3 Å². The van der Waals surface area contributed by atoms with E-state index in [0.717, 1.165) is 22.2 Å². The van der Waals surface area contributed by atoms with E-state index in [-0.39, 0.29) is 0 Å². The zero-order chi connectivity index (χ0) is 12.3. The molecule has 1 aromatic rings. The molecule has 1 heterocycles. The number of thiophene rings is 1. The van der Waals surface area contributed by atoms with Gasteiger partial charge in [0.05, 0.1) is 12.2 Å². The van der Waals surface area contributed by atoms with Gasteiger partial charge in [-0.25, -0.2) is 0 Å². The summed E-state index contributed by atoms with van der Waals surface area (Å²) in [6.07, 6.45) is 5.17. The summed E-state index contributed by atoms with van der Waals surface area (Å²) in [6.45, 7) is 0. The molecular formula is C13H19BrO2S. The van der Waals surface area contributed by atoms with E-state index in [1.807, 2.05) is 11.4 Å². The van der Waals surface area contributed by atoms with E-state index in [0.29, 0.717) is 12.3 Å². The molecule has 0 aromatic carbocycles. The maximum absolute atomic E-state index is 10.2. The van der Waals surface area contributed by atoms with Crippen LogP contribution in [0.25, 0.3) is 0 Å². The third-order valence-corrected chi connectivity index (χ3v) is 5.28. The van der Waals surface area contributed by atoms with Gasteiger partial charge in [0.15, 0.2) is 0 Å². The lowest BCUT2D eigenvalue weighted by atomic mass is 9.83. The van der Waals surface area contributed by atoms with Gasteiger partial charge in [-0.15, -0.1) is 11.3 Å². The zero-order valence-corrected chi connectivity index (χ0v) is 12.2. The van der Waals surface area contributed by atoms with Crippen molar-refractivity contribution in [2.45, 2.75) is 50.7 Å². The third kappa shape index (κ3) is 3.78. The minimum Gasteiger partial charge on any atom is -0.390 e. The van der Waals surface area contributed by atoms with Crippen molar-refractivity contribution in [2.24, 2.45) is 5.92 Å². The van der Waals surface area contributed by atoms with Crippen LogP contribution in [0.2, 0.25) is 0 Å². The van der Waals surface area contributed by atoms with E-state index in [2.05, 4.69) is 15.9 Å². The monoisotopic (exact) mass is 318 g/mol. The summed E-state index contributed by atoms with van der Waals surface area (Å²) < 4.78 is 1.05. The molecule has 2 rings (SSSR count). The topological polar surface area (TPSA) is 40.5 Å². The van der Waals surface area contributed by atoms with Crippen LogP contribution in [-0.4, -0.2) is 22.4 Å². The van der Waals surface area contributed by atoms with Gasteiger partial charge in [-0.1, -0.05) is 19.3 Å². The maximum atomic E-state index is 10.2. The summed E-state index contributed by atoms with van der Waals surface area (Å²) in [6, 6.07) is 2.02. The molecule has 0 radical (unpaired) electrons. The Bertz CT molecular complexity index is 347. The molecular weight excluding hydrogens is 300 g/mol. The highest BCUT2D eigenvalue weighted by atomic mass is 79.9. The van der Waals surface area contributed by atoms with Gasteiger partial charge in [0.25, 0.3) is 0 Å². The van der Waals surface area contributed by atoms with Crippen LogP contribution >= 0.6 is 27.3 Å². The number of aliphatic hydroxyl groups is 2. The second-order valence-corrected chi connectivity index (χ2v) is 6.80. The fourth-order valence-corrected chi connectivity index (χ4v) is 4.08. The van der Waals surface area contributed by atoms with E-state index in [9.17, 15) is 10.2 Å². The molecule has 4 heteroatoms. The van der Waals surface area contributed by atoms with Gasteiger partial charge >= 0.3 is 0 Å². The fourth-order valence-electron chi connectivity index (χ4n) is 2.58. The van der Waals surface area contributed by atoms with Crippen molar-refractivity contribution in [1.29, 1.82) is 0 Å². The smallest absolute Gasteiger partial charge is 0.0849 e. The summed E-state index contributed by atoms with van der Waals surface area (Å²) in [4.78, 5) is 1.12. The largest absolute Gasteiger partial charge is 0.390 e. The van der Waals surface area contributed by atoms with Crippen LogP contribution in [0.15, 0.2) is 15.9 Å². The molecule has 96 valence electrons. The first-order chi connectivity index (χ1) is 8.16. The van der Waals surface area contributed by atoms with Crippen molar-refractivity contribution in [3.05, 3.63) is 20.8 Å². The molecule has 1 saturated carbocycles. The van der Waals surface area contributed by atoms with Crippen molar-refractivity contribution in [1.82, 2.24) is 0 Å². The molecule has 2 atom stereocenters. The van der Waals surface area contributed by atoms with Crippen molar-refractivity contribution in [3.63, 3.8) is 0 Å². The first-order valence-corrected chi connectivity index (χ1v) is 7.93. The second kappa shape index (κ2) is 6.32. The summed E-state index contributed by atoms with van der Waals surface area (Å²) in [5, 5.41) is 22.2. The number of rotatable bonds is 4. The standard InChI is InChI=1S/C13H19BrO2S/c14-10-6-11(17-8-10)7-12(15)13(16)9-4-2-1-3-5-9/h6,8-9,12-13,15-16H,1-5,7H2. The second-order valence-electron chi connectivity index (χ2n) is 4.89. The maximum Gasteiger partial charge on any atom is 0.0849 e. The molecule has 0 aliphatic heterocycles. The van der Waals surface area contributed by atoms with Crippen molar-refractivity contribution in [3.8, 4) is 0 Å². The van der Waals surface area contributed by atoms with Gasteiger partial charge in [0.2, 0.25) is 0 Å². The Morgan fingerprint density at radius 3 is 2.59 bits per heavy atom. The molecule has 2 N–H and O–H groups in total. The molecule has 2 nitrogen and oxygen atoms in total. The van der Waals surface area contributed by atoms with E-state index >= 15 is 0 Å². The van der Waals surface area contributed by atoms with Crippen molar-refractivity contribution < 1.29 is 10.2 Å². The number of halogens is 1. The van der Waals surface area contributed by atoms with Gasteiger partial charge < -0.3 is 10.2 Å². The van der Waals surface area contributed by atoms with Gasteiger partial charge in [-0.2, -0.15) is 0 Å². The average molecular weight is 319 g/mol. The van der Waals surface area contributed by atoms with Crippen LogP contribution in [0.1, 0.15) is 37.0 Å². The molecule has 1 aromatic heterocycles. The molecule has 0 saturated heterocycles. The first kappa shape index (κ1) is 13.5. The minimum absolute atomic E-state index is 0.294. The lowest BCUT2D eigenvalue weighted by Crippen LogP contribution is -2.35. The Hall–Kier alpha value is 0.1000. The van der Waals surface area contributed by atoms with Crippen LogP contribution < -0.4 is 0 Å². The quantitative estimate of drug-likeness (QED) is 0.893. The summed E-state index contributed by atoms with van der Waals surface area (Å²) in [7, 11) is 0. The highest BCUT2D eigenvalue weighted by molar-refractivity contribution is 9.10. The Kier molecular flexibility index (Phi) is 5.03. The number of aliphatic hydroxyl groups excluding tert-OH is 2. The van der Waals surface area contributed by atoms with E-state index in [1.165, 1.54) is 19.3 Å². The van der Waals surface area contributed by atoms with E-state index in [4.69, 9.17) is 0 Å². The Morgan fingerprint density at radius 1 is 1.29 bits per heavy atom. The highest BCUT2D eigenvalue weighted by Gasteiger charge is 2.27. The predicted octanol–water partition coefficient (Wildman–Crippen LogP) is 3.36. The van der Waals surface area contributed by atoms with E-state index < -0.39 is 12.2 Å². The number of hydrogen-bond acceptors (Lipinski definition) is 3. The van der Waals surface area contributed by atoms with Gasteiger partial charge in [0.1, 0.15) is 0 Å². The first-order valence-electron chi connectivity index (χ1n) is 6.26. The lowest BCUT2D eigenvalue weighted by Gasteiger charge is -2.29. The van der Waals surface area contributed by atoms with Crippen LogP contribution in [0.4, 0.5) is 0 Å². The fraction of sp³-hybridized carbons (Fsp3) is 0.692. The normalized spacial score (nSPS) is 21.4. The Labute approximate surface area is 115 Å². The van der Waals surface area contributed by atoms with Crippen LogP contribution in [0.3, 0.4) is 0 Å². The highest BCUT2D eigenvalue weighted by Crippen LogP contribution is 2.29. The third-order valence-electron chi connectivity index (χ3n) is 3.56. The molecule has 0 amide bonds. The molecule has 1 aliphatic carbocycles. The Morgan fingerprint density at radius 2 is 2.00 bits per heavy atom. The number of hydrogen-bond donors (Lipinski definition) is 2. The van der Waals surface area contributed by atoms with Crippen LogP contribution in [-0.2, 0) is 6.42 Å². The zero-order valence-electron chi connectivity index (χ0n) is 9.81. The summed E-state index contributed by atoms with van der Waals surface area (Å²) >= 11 is 5.03. The van der Waals surface area contributed by atoms with Gasteiger partial charge in [-0.3, -0.25) is 0 Å². The molecule has 1 aliphatic rings. The van der Waals surface area contributed by atoms with Crippen LogP contribution in [0, 0.1) is 5.92 Å². The molecule has 0 bridgehead atoms. The molecule has 1 fully saturated rings. The summed E-state index contributed by atoms with van der Waals surface area (Å²) in [5.41, 5.74) is 0. The van der Waals surface area contributed by atoms with Crippen molar-refractivity contribution in [2.75, 3.05) is 0 Å². The van der Waals surface area contributed by atoms with E-state index in [1.54, 1.807) is 11.3 Å². The lowest BCUT2D eigenvalue weighted by molar-refractivity contribution is -0.0260. The average Bonchev–Trinajstić information content (AvgIpc) is 2.75. The molecule has 17 heavy (non-hydrogen) atoms. The predicted molar refractivity (Wildman–Crippen MR) is 74.3 cm³/mol. The minimum atomic E-state index is -0.622. The Balaban J connectivity index is 1.87. The SMILES string of the molecule is OC(Cc1cc(Br)cs1)C(O)C1CCCCC1. The van der Waals surface area contributed by atoms with Gasteiger partial charge in [-0.05, 0) is 40.8 Å². The summed E-state index contributed by atoms with van der Waals surface area (Å²) in [5.74, 6) is 0.294. The van der Waals surface area contributed by atoms with Gasteiger partial charge in [0, 0.05) is 21.2 Å². The molecule has 0 spiro atoms. The molecule has 2 unspecified atom stereocenters. The van der Waals surface area contributed by atoms with Crippen LogP contribution in [0.5, 0.6) is 0 Å².